The number of para-hydroxylation sites is 1. The summed E-state index contributed by atoms with van der Waals surface area (Å²) in [6, 6.07) is 16.4. The van der Waals surface area contributed by atoms with Crippen LogP contribution >= 0.6 is 15.9 Å². The molecule has 108 valence electrons. The fraction of sp³-hybridized carbons (Fsp3) is 0.278. The molecule has 21 heavy (non-hydrogen) atoms. The van der Waals surface area contributed by atoms with E-state index in [9.17, 15) is 4.79 Å². The molecular weight excluding hydrogens is 326 g/mol. The van der Waals surface area contributed by atoms with E-state index in [2.05, 4.69) is 46.0 Å². The van der Waals surface area contributed by atoms with Crippen molar-refractivity contribution in [3.8, 4) is 0 Å². The Morgan fingerprint density at radius 2 is 1.90 bits per heavy atom. The summed E-state index contributed by atoms with van der Waals surface area (Å²) < 4.78 is 0.996. The summed E-state index contributed by atoms with van der Waals surface area (Å²) in [5, 5.41) is 0. The van der Waals surface area contributed by atoms with Gasteiger partial charge in [0.2, 0.25) is 0 Å². The second-order valence-electron chi connectivity index (χ2n) is 5.57. The first-order valence-corrected chi connectivity index (χ1v) is 8.08. The van der Waals surface area contributed by atoms with E-state index in [0.29, 0.717) is 12.6 Å². The smallest absolute Gasteiger partial charge is 0.182 e. The number of anilines is 1. The molecule has 2 aromatic carbocycles. The van der Waals surface area contributed by atoms with Crippen molar-refractivity contribution < 1.29 is 4.79 Å². The predicted molar refractivity (Wildman–Crippen MR) is 90.0 cm³/mol. The number of carbonyl (C=O) groups is 1. The number of Topliss-reactive ketones (excluding diaryl/α,β-unsaturated/α-hetero) is 1. The standard InChI is InChI=1S/C18H18BrNO/c1-13-6-7-14-4-2-3-5-17(14)20(13)12-18(21)15-8-10-16(19)11-9-15/h2-5,8-11,13H,6-7,12H2,1H3. The summed E-state index contributed by atoms with van der Waals surface area (Å²) in [7, 11) is 0. The Hall–Kier alpha value is -1.61. The minimum absolute atomic E-state index is 0.172. The normalized spacial score (nSPS) is 17.4. The second kappa shape index (κ2) is 6.02. The molecule has 0 amide bonds. The zero-order valence-electron chi connectivity index (χ0n) is 12.1. The molecule has 1 heterocycles. The van der Waals surface area contributed by atoms with E-state index in [1.54, 1.807) is 0 Å². The van der Waals surface area contributed by atoms with Gasteiger partial charge in [-0.25, -0.2) is 0 Å². The molecule has 0 saturated heterocycles. The average molecular weight is 344 g/mol. The van der Waals surface area contributed by atoms with Crippen LogP contribution in [0.2, 0.25) is 0 Å². The average Bonchev–Trinajstić information content (AvgIpc) is 2.51. The van der Waals surface area contributed by atoms with Crippen LogP contribution in [0.5, 0.6) is 0 Å². The third-order valence-electron chi connectivity index (χ3n) is 4.14. The SMILES string of the molecule is CC1CCc2ccccc2N1CC(=O)c1ccc(Br)cc1. The maximum atomic E-state index is 12.5. The summed E-state index contributed by atoms with van der Waals surface area (Å²) in [6.07, 6.45) is 2.20. The van der Waals surface area contributed by atoms with Gasteiger partial charge in [-0.1, -0.05) is 46.3 Å². The van der Waals surface area contributed by atoms with Crippen molar-refractivity contribution >= 4 is 27.4 Å². The Kier molecular flexibility index (Phi) is 4.11. The third-order valence-corrected chi connectivity index (χ3v) is 4.67. The van der Waals surface area contributed by atoms with Crippen LogP contribution in [0.25, 0.3) is 0 Å². The topological polar surface area (TPSA) is 20.3 Å². The molecule has 2 aromatic rings. The molecule has 0 radical (unpaired) electrons. The lowest BCUT2D eigenvalue weighted by Gasteiger charge is -2.36. The Balaban J connectivity index is 1.84. The molecule has 0 spiro atoms. The number of ketones is 1. The van der Waals surface area contributed by atoms with Gasteiger partial charge in [0.15, 0.2) is 5.78 Å². The number of carbonyl (C=O) groups excluding carboxylic acids is 1. The largest absolute Gasteiger partial charge is 0.361 e. The molecule has 1 unspecified atom stereocenters. The van der Waals surface area contributed by atoms with Crippen LogP contribution < -0.4 is 4.90 Å². The lowest BCUT2D eigenvalue weighted by molar-refractivity contribution is 0.0996. The fourth-order valence-electron chi connectivity index (χ4n) is 2.88. The monoisotopic (exact) mass is 343 g/mol. The maximum absolute atomic E-state index is 12.5. The molecular formula is C18H18BrNO. The molecule has 0 aromatic heterocycles. The maximum Gasteiger partial charge on any atom is 0.182 e. The number of aryl methyl sites for hydroxylation is 1. The van der Waals surface area contributed by atoms with Gasteiger partial charge in [-0.15, -0.1) is 0 Å². The van der Waals surface area contributed by atoms with E-state index in [0.717, 1.165) is 22.9 Å². The van der Waals surface area contributed by atoms with E-state index >= 15 is 0 Å². The first-order chi connectivity index (χ1) is 10.1. The van der Waals surface area contributed by atoms with Gasteiger partial charge in [0.05, 0.1) is 6.54 Å². The quantitative estimate of drug-likeness (QED) is 0.766. The summed E-state index contributed by atoms with van der Waals surface area (Å²) in [4.78, 5) is 14.8. The third kappa shape index (κ3) is 3.03. The predicted octanol–water partition coefficient (Wildman–Crippen LogP) is 4.47. The van der Waals surface area contributed by atoms with E-state index in [1.807, 2.05) is 30.3 Å². The van der Waals surface area contributed by atoms with E-state index in [-0.39, 0.29) is 5.78 Å². The molecule has 3 rings (SSSR count). The minimum Gasteiger partial charge on any atom is -0.361 e. The van der Waals surface area contributed by atoms with Crippen molar-refractivity contribution in [2.75, 3.05) is 11.4 Å². The van der Waals surface area contributed by atoms with Gasteiger partial charge < -0.3 is 4.90 Å². The van der Waals surface area contributed by atoms with Gasteiger partial charge in [-0.05, 0) is 43.5 Å². The number of halogens is 1. The summed E-state index contributed by atoms with van der Waals surface area (Å²) in [5.41, 5.74) is 3.33. The molecule has 1 aliphatic heterocycles. The number of benzene rings is 2. The number of fused-ring (bicyclic) bond motifs is 1. The van der Waals surface area contributed by atoms with Gasteiger partial charge in [-0.3, -0.25) is 4.79 Å². The summed E-state index contributed by atoms with van der Waals surface area (Å²) in [5.74, 6) is 0.172. The lowest BCUT2D eigenvalue weighted by atomic mass is 9.96. The molecule has 0 fully saturated rings. The molecule has 0 saturated carbocycles. The number of nitrogens with zero attached hydrogens (tertiary/aromatic N) is 1. The molecule has 1 atom stereocenters. The van der Waals surface area contributed by atoms with Crippen LogP contribution in [0.4, 0.5) is 5.69 Å². The second-order valence-corrected chi connectivity index (χ2v) is 6.49. The van der Waals surface area contributed by atoms with Crippen molar-refractivity contribution in [3.63, 3.8) is 0 Å². The molecule has 0 bridgehead atoms. The highest BCUT2D eigenvalue weighted by molar-refractivity contribution is 9.10. The Morgan fingerprint density at radius 1 is 1.19 bits per heavy atom. The molecule has 0 N–H and O–H groups in total. The van der Waals surface area contributed by atoms with Crippen LogP contribution in [0, 0.1) is 0 Å². The van der Waals surface area contributed by atoms with Crippen molar-refractivity contribution in [1.29, 1.82) is 0 Å². The van der Waals surface area contributed by atoms with Gasteiger partial charge in [-0.2, -0.15) is 0 Å². The van der Waals surface area contributed by atoms with Crippen LogP contribution in [-0.2, 0) is 6.42 Å². The van der Waals surface area contributed by atoms with E-state index in [4.69, 9.17) is 0 Å². The van der Waals surface area contributed by atoms with Crippen LogP contribution in [0.15, 0.2) is 53.0 Å². The highest BCUT2D eigenvalue weighted by Gasteiger charge is 2.24. The number of rotatable bonds is 3. The molecule has 2 nitrogen and oxygen atoms in total. The number of hydrogen-bond acceptors (Lipinski definition) is 2. The first kappa shape index (κ1) is 14.3. The van der Waals surface area contributed by atoms with Gasteiger partial charge in [0.25, 0.3) is 0 Å². The lowest BCUT2D eigenvalue weighted by Crippen LogP contribution is -2.40. The Morgan fingerprint density at radius 3 is 2.67 bits per heavy atom. The zero-order chi connectivity index (χ0) is 14.8. The van der Waals surface area contributed by atoms with Crippen molar-refractivity contribution in [2.45, 2.75) is 25.8 Å². The van der Waals surface area contributed by atoms with Crippen LogP contribution in [-0.4, -0.2) is 18.4 Å². The first-order valence-electron chi connectivity index (χ1n) is 7.28. The van der Waals surface area contributed by atoms with Crippen LogP contribution in [0.1, 0.15) is 29.3 Å². The Bertz CT molecular complexity index is 651. The minimum atomic E-state index is 0.172. The van der Waals surface area contributed by atoms with Crippen molar-refractivity contribution in [3.05, 3.63) is 64.1 Å². The van der Waals surface area contributed by atoms with Crippen molar-refractivity contribution in [2.24, 2.45) is 0 Å². The van der Waals surface area contributed by atoms with E-state index < -0.39 is 0 Å². The fourth-order valence-corrected chi connectivity index (χ4v) is 3.15. The molecule has 0 aliphatic carbocycles. The van der Waals surface area contributed by atoms with Gasteiger partial charge in [0.1, 0.15) is 0 Å². The molecule has 3 heteroatoms. The van der Waals surface area contributed by atoms with Gasteiger partial charge in [0, 0.05) is 21.8 Å². The zero-order valence-corrected chi connectivity index (χ0v) is 13.6. The highest BCUT2D eigenvalue weighted by atomic mass is 79.9. The highest BCUT2D eigenvalue weighted by Crippen LogP contribution is 2.30. The van der Waals surface area contributed by atoms with E-state index in [1.165, 1.54) is 11.3 Å². The Labute approximate surface area is 133 Å². The summed E-state index contributed by atoms with van der Waals surface area (Å²) >= 11 is 3.40. The van der Waals surface area contributed by atoms with Crippen molar-refractivity contribution in [1.82, 2.24) is 0 Å². The summed E-state index contributed by atoms with van der Waals surface area (Å²) in [6.45, 7) is 2.64. The van der Waals surface area contributed by atoms with Gasteiger partial charge >= 0.3 is 0 Å². The molecule has 1 aliphatic rings. The number of hydrogen-bond donors (Lipinski definition) is 0. The van der Waals surface area contributed by atoms with Crippen LogP contribution in [0.3, 0.4) is 0 Å².